The number of para-hydroxylation sites is 1. The number of aryl methyl sites for hydroxylation is 1. The Morgan fingerprint density at radius 2 is 1.86 bits per heavy atom. The number of hydrogen-bond donors (Lipinski definition) is 0. The van der Waals surface area contributed by atoms with Crippen molar-refractivity contribution in [2.45, 2.75) is 38.0 Å². The number of nitrogens with zero attached hydrogens (tertiary/aromatic N) is 3. The minimum absolute atomic E-state index is 0.00764. The third-order valence-corrected chi connectivity index (χ3v) is 8.64. The normalized spacial score (nSPS) is 25.2. The van der Waals surface area contributed by atoms with Gasteiger partial charge in [0, 0.05) is 56.4 Å². The number of fused-ring (bicyclic) bond motifs is 2. The minimum atomic E-state index is -3.10. The van der Waals surface area contributed by atoms with E-state index in [9.17, 15) is 13.2 Å². The van der Waals surface area contributed by atoms with Crippen LogP contribution in [0.25, 0.3) is 10.9 Å². The van der Waals surface area contributed by atoms with Gasteiger partial charge in [-0.3, -0.25) is 9.69 Å². The Kier molecular flexibility index (Phi) is 5.46. The summed E-state index contributed by atoms with van der Waals surface area (Å²) in [5.74, 6) is 0.736. The van der Waals surface area contributed by atoms with E-state index in [0.29, 0.717) is 44.0 Å². The van der Waals surface area contributed by atoms with E-state index in [0.717, 1.165) is 17.4 Å². The molecule has 0 unspecified atom stereocenters. The summed E-state index contributed by atoms with van der Waals surface area (Å²) in [6.45, 7) is 6.97. The lowest BCUT2D eigenvalue weighted by atomic mass is 10.0. The van der Waals surface area contributed by atoms with Crippen LogP contribution in [0.2, 0.25) is 0 Å². The van der Waals surface area contributed by atoms with Gasteiger partial charge in [-0.15, -0.1) is 0 Å². The third kappa shape index (κ3) is 3.82. The van der Waals surface area contributed by atoms with Crippen molar-refractivity contribution in [1.82, 2.24) is 14.4 Å². The lowest BCUT2D eigenvalue weighted by molar-refractivity contribution is 0.0757. The number of carbonyl (C=O) groups is 1. The molecule has 158 valence electrons. The first-order valence-corrected chi connectivity index (χ1v) is 12.3. The molecule has 0 aliphatic carbocycles. The number of likely N-dealkylation sites (tertiary alicyclic amines) is 1. The lowest BCUT2D eigenvalue weighted by Crippen LogP contribution is -2.55. The fourth-order valence-electron chi connectivity index (χ4n) is 5.04. The van der Waals surface area contributed by atoms with Gasteiger partial charge in [0.25, 0.3) is 5.91 Å². The van der Waals surface area contributed by atoms with E-state index >= 15 is 0 Å². The Morgan fingerprint density at radius 3 is 2.62 bits per heavy atom. The molecule has 1 aromatic carbocycles. The van der Waals surface area contributed by atoms with E-state index in [1.54, 1.807) is 0 Å². The van der Waals surface area contributed by atoms with Crippen molar-refractivity contribution < 1.29 is 13.2 Å². The monoisotopic (exact) mass is 417 g/mol. The average Bonchev–Trinajstić information content (AvgIpc) is 2.86. The Hall–Kier alpha value is -1.86. The highest BCUT2D eigenvalue weighted by atomic mass is 32.2. The van der Waals surface area contributed by atoms with Gasteiger partial charge in [0.05, 0.1) is 16.6 Å². The summed E-state index contributed by atoms with van der Waals surface area (Å²) in [7, 11) is -1.15. The predicted octanol–water partition coefficient (Wildman–Crippen LogP) is 2.54. The van der Waals surface area contributed by atoms with Crippen molar-refractivity contribution in [3.05, 3.63) is 36.0 Å². The molecule has 0 saturated carbocycles. The van der Waals surface area contributed by atoms with Crippen molar-refractivity contribution in [3.8, 4) is 0 Å². The molecule has 2 aromatic rings. The largest absolute Gasteiger partial charge is 0.350 e. The number of sulfone groups is 1. The first-order chi connectivity index (χ1) is 13.8. The number of rotatable bonds is 3. The average molecular weight is 418 g/mol. The van der Waals surface area contributed by atoms with Crippen LogP contribution in [0.3, 0.4) is 0 Å². The fraction of sp³-hybridized carbons (Fsp3) is 0.591. The zero-order valence-corrected chi connectivity index (χ0v) is 18.4. The SMILES string of the molecule is CC(C)CN1CCS(=O)(=O)[C@@H]2CCN(C(=O)c3cn(C)c4ccccc34)CC[C@@H]21. The van der Waals surface area contributed by atoms with Crippen LogP contribution in [-0.2, 0) is 16.9 Å². The van der Waals surface area contributed by atoms with Crippen molar-refractivity contribution in [2.75, 3.05) is 31.9 Å². The Morgan fingerprint density at radius 1 is 1.14 bits per heavy atom. The molecule has 2 saturated heterocycles. The molecule has 7 heteroatoms. The first kappa shape index (κ1) is 20.4. The lowest BCUT2D eigenvalue weighted by Gasteiger charge is -2.40. The van der Waals surface area contributed by atoms with Crippen molar-refractivity contribution in [3.63, 3.8) is 0 Å². The quantitative estimate of drug-likeness (QED) is 0.770. The summed E-state index contributed by atoms with van der Waals surface area (Å²) in [6, 6.07) is 7.93. The molecule has 2 fully saturated rings. The van der Waals surface area contributed by atoms with Crippen LogP contribution in [0.15, 0.2) is 30.5 Å². The molecule has 2 aliphatic heterocycles. The topological polar surface area (TPSA) is 62.6 Å². The van der Waals surface area contributed by atoms with E-state index in [4.69, 9.17) is 0 Å². The summed E-state index contributed by atoms with van der Waals surface area (Å²) in [6.07, 6.45) is 3.14. The summed E-state index contributed by atoms with van der Waals surface area (Å²) in [5, 5.41) is 0.594. The summed E-state index contributed by atoms with van der Waals surface area (Å²) in [4.78, 5) is 17.6. The molecule has 2 atom stereocenters. The first-order valence-electron chi connectivity index (χ1n) is 10.6. The van der Waals surface area contributed by atoms with Gasteiger partial charge in [0.2, 0.25) is 0 Å². The van der Waals surface area contributed by atoms with Gasteiger partial charge in [-0.1, -0.05) is 32.0 Å². The van der Waals surface area contributed by atoms with E-state index < -0.39 is 9.84 Å². The Labute approximate surface area is 173 Å². The third-order valence-electron chi connectivity index (χ3n) is 6.42. The van der Waals surface area contributed by atoms with Crippen LogP contribution < -0.4 is 0 Å². The molecule has 4 rings (SSSR count). The zero-order chi connectivity index (χ0) is 20.8. The highest BCUT2D eigenvalue weighted by Gasteiger charge is 2.43. The van der Waals surface area contributed by atoms with Gasteiger partial charge < -0.3 is 9.47 Å². The van der Waals surface area contributed by atoms with E-state index in [1.165, 1.54) is 0 Å². The van der Waals surface area contributed by atoms with Gasteiger partial charge in [0.1, 0.15) is 0 Å². The molecular weight excluding hydrogens is 386 g/mol. The number of benzene rings is 1. The van der Waals surface area contributed by atoms with Crippen LogP contribution in [0, 0.1) is 5.92 Å². The maximum absolute atomic E-state index is 13.4. The summed E-state index contributed by atoms with van der Waals surface area (Å²) < 4.78 is 27.6. The van der Waals surface area contributed by atoms with Crippen molar-refractivity contribution >= 4 is 26.6 Å². The molecule has 2 aliphatic rings. The van der Waals surface area contributed by atoms with Gasteiger partial charge in [0.15, 0.2) is 9.84 Å². The second kappa shape index (κ2) is 7.76. The Balaban J connectivity index is 1.59. The molecular formula is C22H31N3O3S. The van der Waals surface area contributed by atoms with E-state index in [-0.39, 0.29) is 23.0 Å². The molecule has 1 amide bonds. The maximum Gasteiger partial charge on any atom is 0.256 e. The number of amides is 1. The zero-order valence-electron chi connectivity index (χ0n) is 17.5. The molecule has 29 heavy (non-hydrogen) atoms. The fourth-order valence-corrected chi connectivity index (χ4v) is 7.08. The van der Waals surface area contributed by atoms with Crippen LogP contribution >= 0.6 is 0 Å². The van der Waals surface area contributed by atoms with Crippen LogP contribution in [0.5, 0.6) is 0 Å². The summed E-state index contributed by atoms with van der Waals surface area (Å²) in [5.41, 5.74) is 1.74. The predicted molar refractivity (Wildman–Crippen MR) is 116 cm³/mol. The second-order valence-electron chi connectivity index (χ2n) is 8.90. The van der Waals surface area contributed by atoms with Gasteiger partial charge >= 0.3 is 0 Å². The van der Waals surface area contributed by atoms with Crippen LogP contribution in [0.4, 0.5) is 0 Å². The van der Waals surface area contributed by atoms with E-state index in [2.05, 4.69) is 18.7 Å². The molecule has 0 radical (unpaired) electrons. The molecule has 0 N–H and O–H groups in total. The Bertz CT molecular complexity index is 1010. The molecule has 3 heterocycles. The highest BCUT2D eigenvalue weighted by Crippen LogP contribution is 2.30. The van der Waals surface area contributed by atoms with Gasteiger partial charge in [-0.05, 0) is 24.8 Å². The van der Waals surface area contributed by atoms with Crippen LogP contribution in [-0.4, -0.2) is 71.9 Å². The second-order valence-corrected chi connectivity index (χ2v) is 11.2. The summed E-state index contributed by atoms with van der Waals surface area (Å²) >= 11 is 0. The smallest absolute Gasteiger partial charge is 0.256 e. The maximum atomic E-state index is 13.4. The van der Waals surface area contributed by atoms with Crippen molar-refractivity contribution in [2.24, 2.45) is 13.0 Å². The van der Waals surface area contributed by atoms with E-state index in [1.807, 2.05) is 47.0 Å². The number of hydrogen-bond acceptors (Lipinski definition) is 4. The van der Waals surface area contributed by atoms with Crippen LogP contribution in [0.1, 0.15) is 37.0 Å². The minimum Gasteiger partial charge on any atom is -0.350 e. The van der Waals surface area contributed by atoms with Gasteiger partial charge in [-0.25, -0.2) is 8.42 Å². The number of aromatic nitrogens is 1. The van der Waals surface area contributed by atoms with Crippen molar-refractivity contribution in [1.29, 1.82) is 0 Å². The van der Waals surface area contributed by atoms with Gasteiger partial charge in [-0.2, -0.15) is 0 Å². The standard InChI is InChI=1S/C22H31N3O3S/c1-16(2)14-25-12-13-29(27,28)21-9-11-24(10-8-20(21)25)22(26)18-15-23(3)19-7-5-4-6-17(18)19/h4-7,15-16,20-21H,8-14H2,1-3H3/t20-,21+/m0/s1. The molecule has 6 nitrogen and oxygen atoms in total. The highest BCUT2D eigenvalue weighted by molar-refractivity contribution is 7.92. The molecule has 0 bridgehead atoms. The number of carbonyl (C=O) groups excluding carboxylic acids is 1. The molecule has 0 spiro atoms. The molecule has 1 aromatic heterocycles.